The second-order valence-corrected chi connectivity index (χ2v) is 4.27. The first-order valence-corrected chi connectivity index (χ1v) is 5.39. The molecule has 4 heteroatoms. The third kappa shape index (κ3) is 1.79. The number of aliphatic hydroxyl groups is 1. The minimum atomic E-state index is -0.748. The predicted molar refractivity (Wildman–Crippen MR) is 55.1 cm³/mol. The largest absolute Gasteiger partial charge is 0.376 e. The quantitative estimate of drug-likeness (QED) is 0.730. The Hall–Kier alpha value is -0.870. The molecule has 0 radical (unpaired) electrons. The zero-order valence-corrected chi connectivity index (χ0v) is 9.19. The van der Waals surface area contributed by atoms with Crippen LogP contribution in [0.2, 0.25) is 0 Å². The first kappa shape index (κ1) is 10.6. The number of ether oxygens (including phenoxy) is 1. The summed E-state index contributed by atoms with van der Waals surface area (Å²) in [6.07, 6.45) is 1.38. The monoisotopic (exact) mass is 211 g/mol. The smallest absolute Gasteiger partial charge is 0.251 e. The van der Waals surface area contributed by atoms with Crippen molar-refractivity contribution >= 4 is 5.91 Å². The Morgan fingerprint density at radius 3 is 2.73 bits per heavy atom. The maximum absolute atomic E-state index is 11.8. The van der Waals surface area contributed by atoms with Gasteiger partial charge in [-0.25, -0.2) is 0 Å². The lowest BCUT2D eigenvalue weighted by atomic mass is 10.2. The maximum atomic E-state index is 11.8. The number of rotatable bonds is 2. The minimum Gasteiger partial charge on any atom is -0.376 e. The van der Waals surface area contributed by atoms with Gasteiger partial charge in [0.05, 0.1) is 12.6 Å². The summed E-state index contributed by atoms with van der Waals surface area (Å²) >= 11 is 0. The van der Waals surface area contributed by atoms with Gasteiger partial charge in [0.2, 0.25) is 0 Å². The zero-order chi connectivity index (χ0) is 11.0. The number of aliphatic hydroxyl groups excluding tert-OH is 1. The predicted octanol–water partition coefficient (Wildman–Crippen LogP) is 0.662. The Morgan fingerprint density at radius 2 is 2.27 bits per heavy atom. The van der Waals surface area contributed by atoms with Crippen molar-refractivity contribution in [1.82, 2.24) is 4.90 Å². The average molecular weight is 211 g/mol. The molecule has 2 aliphatic heterocycles. The molecule has 0 saturated carbocycles. The van der Waals surface area contributed by atoms with Gasteiger partial charge >= 0.3 is 0 Å². The number of hydrogen-bond donors (Lipinski definition) is 1. The van der Waals surface area contributed by atoms with Crippen LogP contribution in [0.4, 0.5) is 0 Å². The molecule has 1 N–H and O–H groups in total. The number of amides is 1. The van der Waals surface area contributed by atoms with E-state index in [1.807, 2.05) is 0 Å². The van der Waals surface area contributed by atoms with Gasteiger partial charge < -0.3 is 14.7 Å². The van der Waals surface area contributed by atoms with Crippen molar-refractivity contribution in [3.8, 4) is 0 Å². The molecule has 4 nitrogen and oxygen atoms in total. The molecular weight excluding hydrogens is 194 g/mol. The van der Waals surface area contributed by atoms with E-state index in [2.05, 4.69) is 0 Å². The maximum Gasteiger partial charge on any atom is 0.251 e. The summed E-state index contributed by atoms with van der Waals surface area (Å²) in [5.41, 5.74) is 1.43. The van der Waals surface area contributed by atoms with Gasteiger partial charge in [-0.2, -0.15) is 0 Å². The fourth-order valence-corrected chi connectivity index (χ4v) is 2.11. The summed E-state index contributed by atoms with van der Waals surface area (Å²) in [7, 11) is 0. The van der Waals surface area contributed by atoms with Gasteiger partial charge in [-0.1, -0.05) is 0 Å². The molecule has 0 aromatic rings. The lowest BCUT2D eigenvalue weighted by molar-refractivity contribution is -0.134. The number of nitrogens with zero attached hydrogens (tertiary/aromatic N) is 1. The number of carbonyl (C=O) groups is 1. The summed E-state index contributed by atoms with van der Waals surface area (Å²) in [5, 5.41) is 9.85. The molecule has 0 aromatic heterocycles. The normalized spacial score (nSPS) is 31.9. The average Bonchev–Trinajstić information content (AvgIpc) is 2.79. The highest BCUT2D eigenvalue weighted by Crippen LogP contribution is 2.25. The first-order chi connectivity index (χ1) is 7.11. The fourth-order valence-electron chi connectivity index (χ4n) is 2.11. The van der Waals surface area contributed by atoms with Gasteiger partial charge in [0.25, 0.3) is 5.91 Å². The van der Waals surface area contributed by atoms with Crippen LogP contribution in [0, 0.1) is 0 Å². The van der Waals surface area contributed by atoms with Crippen LogP contribution in [0.5, 0.6) is 0 Å². The molecule has 1 saturated heterocycles. The van der Waals surface area contributed by atoms with Crippen molar-refractivity contribution in [3.63, 3.8) is 0 Å². The van der Waals surface area contributed by atoms with E-state index in [0.717, 1.165) is 25.0 Å². The van der Waals surface area contributed by atoms with E-state index in [1.165, 1.54) is 4.90 Å². The molecule has 2 aliphatic rings. The molecule has 0 aliphatic carbocycles. The van der Waals surface area contributed by atoms with E-state index in [-0.39, 0.29) is 12.0 Å². The van der Waals surface area contributed by atoms with Crippen LogP contribution in [0.15, 0.2) is 11.1 Å². The Labute approximate surface area is 89.5 Å². The summed E-state index contributed by atoms with van der Waals surface area (Å²) < 4.78 is 5.46. The summed E-state index contributed by atoms with van der Waals surface area (Å²) in [6.45, 7) is 4.84. The van der Waals surface area contributed by atoms with Crippen molar-refractivity contribution in [3.05, 3.63) is 11.1 Å². The van der Waals surface area contributed by atoms with Crippen molar-refractivity contribution in [2.75, 3.05) is 13.2 Å². The second-order valence-electron chi connectivity index (χ2n) is 4.27. The van der Waals surface area contributed by atoms with E-state index >= 15 is 0 Å². The molecule has 2 atom stereocenters. The molecule has 0 bridgehead atoms. The van der Waals surface area contributed by atoms with E-state index < -0.39 is 6.23 Å². The molecule has 15 heavy (non-hydrogen) atoms. The highest BCUT2D eigenvalue weighted by atomic mass is 16.5. The summed E-state index contributed by atoms with van der Waals surface area (Å²) in [5.74, 6) is -0.0597. The lowest BCUT2D eigenvalue weighted by Gasteiger charge is -2.24. The highest BCUT2D eigenvalue weighted by Gasteiger charge is 2.35. The first-order valence-electron chi connectivity index (χ1n) is 5.39. The number of hydrogen-bond acceptors (Lipinski definition) is 3. The third-order valence-corrected chi connectivity index (χ3v) is 3.28. The molecule has 0 unspecified atom stereocenters. The van der Waals surface area contributed by atoms with Crippen molar-refractivity contribution < 1.29 is 14.6 Å². The van der Waals surface area contributed by atoms with Crippen LogP contribution in [-0.2, 0) is 9.53 Å². The minimum absolute atomic E-state index is 0.0597. The Kier molecular flexibility index (Phi) is 2.80. The van der Waals surface area contributed by atoms with Crippen LogP contribution in [0.3, 0.4) is 0 Å². The summed E-state index contributed by atoms with van der Waals surface area (Å²) in [4.78, 5) is 13.3. The van der Waals surface area contributed by atoms with Crippen LogP contribution >= 0.6 is 0 Å². The van der Waals surface area contributed by atoms with Crippen molar-refractivity contribution in [1.29, 1.82) is 0 Å². The Balaban J connectivity index is 2.02. The molecular formula is C11H17NO3. The Morgan fingerprint density at radius 1 is 1.53 bits per heavy atom. The molecule has 84 valence electrons. The third-order valence-electron chi connectivity index (χ3n) is 3.28. The van der Waals surface area contributed by atoms with Gasteiger partial charge in [0.15, 0.2) is 6.23 Å². The van der Waals surface area contributed by atoms with Crippen molar-refractivity contribution in [2.24, 2.45) is 0 Å². The van der Waals surface area contributed by atoms with Gasteiger partial charge in [-0.05, 0) is 32.3 Å². The van der Waals surface area contributed by atoms with Gasteiger partial charge in [-0.3, -0.25) is 4.79 Å². The van der Waals surface area contributed by atoms with Gasteiger partial charge in [0.1, 0.15) is 0 Å². The van der Waals surface area contributed by atoms with E-state index in [9.17, 15) is 9.90 Å². The lowest BCUT2D eigenvalue weighted by Crippen LogP contribution is -2.40. The van der Waals surface area contributed by atoms with Crippen LogP contribution in [0.1, 0.15) is 26.7 Å². The molecule has 0 aromatic carbocycles. The number of carbonyl (C=O) groups excluding carboxylic acids is 1. The van der Waals surface area contributed by atoms with E-state index in [1.54, 1.807) is 13.8 Å². The second kappa shape index (κ2) is 3.94. The van der Waals surface area contributed by atoms with E-state index in [4.69, 9.17) is 4.74 Å². The SMILES string of the molecule is CC1=C(C)[C@@H](O)N(C[C@@H]2CCCO2)C1=O. The van der Waals surface area contributed by atoms with Crippen LogP contribution < -0.4 is 0 Å². The summed E-state index contributed by atoms with van der Waals surface area (Å²) in [6, 6.07) is 0. The topological polar surface area (TPSA) is 49.8 Å². The van der Waals surface area contributed by atoms with Crippen LogP contribution in [0.25, 0.3) is 0 Å². The van der Waals surface area contributed by atoms with Crippen molar-refractivity contribution in [2.45, 2.75) is 39.0 Å². The molecule has 0 spiro atoms. The van der Waals surface area contributed by atoms with Crippen LogP contribution in [-0.4, -0.2) is 41.4 Å². The molecule has 1 fully saturated rings. The highest BCUT2D eigenvalue weighted by molar-refractivity contribution is 5.96. The van der Waals surface area contributed by atoms with E-state index in [0.29, 0.717) is 12.1 Å². The molecule has 1 amide bonds. The van der Waals surface area contributed by atoms with Gasteiger partial charge in [0, 0.05) is 12.2 Å². The fraction of sp³-hybridized carbons (Fsp3) is 0.727. The standard InChI is InChI=1S/C11H17NO3/c1-7-8(2)11(14)12(10(7)13)6-9-4-3-5-15-9/h9-10,13H,3-6H2,1-2H3/t9-,10+/m0/s1. The van der Waals surface area contributed by atoms with Gasteiger partial charge in [-0.15, -0.1) is 0 Å². The Bertz CT molecular complexity index is 305. The molecule has 2 rings (SSSR count). The zero-order valence-electron chi connectivity index (χ0n) is 9.19. The molecule has 2 heterocycles.